The lowest BCUT2D eigenvalue weighted by atomic mass is 10.2. The molecule has 0 radical (unpaired) electrons. The molecule has 0 bridgehead atoms. The number of hydrogen-bond donors (Lipinski definition) is 0. The molecule has 0 aromatic carbocycles. The lowest BCUT2D eigenvalue weighted by Crippen LogP contribution is -2.31. The van der Waals surface area contributed by atoms with Crippen LogP contribution in [0.4, 0.5) is 0 Å². The van der Waals surface area contributed by atoms with Crippen LogP contribution >= 0.6 is 0 Å². The first-order chi connectivity index (χ1) is 6.49. The summed E-state index contributed by atoms with van der Waals surface area (Å²) in [5.41, 5.74) is 0. The molecule has 0 saturated carbocycles. The molecule has 0 rings (SSSR count). The van der Waals surface area contributed by atoms with Crippen molar-refractivity contribution in [1.29, 1.82) is 0 Å². The van der Waals surface area contributed by atoms with Crippen LogP contribution in [-0.2, 0) is 4.43 Å². The minimum atomic E-state index is -1.37. The average Bonchev–Trinajstić information content (AvgIpc) is 2.02. The smallest absolute Gasteiger partial charge is 0.184 e. The third kappa shape index (κ3) is 8.51. The first-order valence-electron chi connectivity index (χ1n) is 5.84. The molecule has 0 amide bonds. The largest absolute Gasteiger partial charge is 0.411 e. The summed E-state index contributed by atoms with van der Waals surface area (Å²) in [6.45, 7) is 11.2. The lowest BCUT2D eigenvalue weighted by Gasteiger charge is -2.23. The molecule has 14 heavy (non-hydrogen) atoms. The van der Waals surface area contributed by atoms with Crippen LogP contribution in [-0.4, -0.2) is 14.4 Å². The fraction of sp³-hybridized carbons (Fsp3) is 0.833. The summed E-state index contributed by atoms with van der Waals surface area (Å²) in [5, 5.41) is 0. The van der Waals surface area contributed by atoms with Crippen LogP contribution in [0, 0.1) is 0 Å². The molecule has 0 spiro atoms. The van der Waals surface area contributed by atoms with Crippen molar-refractivity contribution in [3.63, 3.8) is 0 Å². The topological polar surface area (TPSA) is 9.23 Å². The van der Waals surface area contributed by atoms with Gasteiger partial charge < -0.3 is 4.43 Å². The molecular formula is C12H26OSi. The van der Waals surface area contributed by atoms with Gasteiger partial charge in [-0.05, 0) is 32.5 Å². The quantitative estimate of drug-likeness (QED) is 0.452. The molecule has 0 aliphatic heterocycles. The highest BCUT2D eigenvalue weighted by Crippen LogP contribution is 2.13. The first-order valence-corrected chi connectivity index (χ1v) is 9.25. The van der Waals surface area contributed by atoms with Crippen molar-refractivity contribution in [2.45, 2.75) is 65.3 Å². The predicted molar refractivity (Wildman–Crippen MR) is 67.2 cm³/mol. The predicted octanol–water partition coefficient (Wildman–Crippen LogP) is 4.36. The van der Waals surface area contributed by atoms with Gasteiger partial charge in [-0.2, -0.15) is 0 Å². The Morgan fingerprint density at radius 3 is 2.21 bits per heavy atom. The van der Waals surface area contributed by atoms with Crippen molar-refractivity contribution >= 4 is 8.32 Å². The van der Waals surface area contributed by atoms with Crippen LogP contribution in [0.1, 0.15) is 39.5 Å². The van der Waals surface area contributed by atoms with E-state index in [0.29, 0.717) is 6.10 Å². The van der Waals surface area contributed by atoms with E-state index in [-0.39, 0.29) is 0 Å². The zero-order valence-corrected chi connectivity index (χ0v) is 11.5. The fourth-order valence-corrected chi connectivity index (χ4v) is 2.45. The molecule has 1 nitrogen and oxygen atoms in total. The molecule has 2 heteroatoms. The van der Waals surface area contributed by atoms with E-state index in [4.69, 9.17) is 4.43 Å². The summed E-state index contributed by atoms with van der Waals surface area (Å²) in [6, 6.07) is 0. The van der Waals surface area contributed by atoms with Crippen molar-refractivity contribution in [3.8, 4) is 0 Å². The molecule has 0 N–H and O–H groups in total. The van der Waals surface area contributed by atoms with Gasteiger partial charge in [0, 0.05) is 0 Å². The maximum absolute atomic E-state index is 6.08. The summed E-state index contributed by atoms with van der Waals surface area (Å²) in [4.78, 5) is 0. The van der Waals surface area contributed by atoms with E-state index >= 15 is 0 Å². The van der Waals surface area contributed by atoms with Crippen molar-refractivity contribution in [3.05, 3.63) is 12.2 Å². The van der Waals surface area contributed by atoms with Crippen molar-refractivity contribution in [2.75, 3.05) is 0 Å². The average molecular weight is 214 g/mol. The Bertz CT molecular complexity index is 158. The summed E-state index contributed by atoms with van der Waals surface area (Å²) in [6.07, 6.45) is 9.64. The molecule has 0 aliphatic rings. The highest BCUT2D eigenvalue weighted by molar-refractivity contribution is 6.69. The molecular weight excluding hydrogens is 188 g/mol. The van der Waals surface area contributed by atoms with Crippen molar-refractivity contribution in [2.24, 2.45) is 0 Å². The van der Waals surface area contributed by atoms with Crippen LogP contribution in [0.3, 0.4) is 0 Å². The second-order valence-corrected chi connectivity index (χ2v) is 9.23. The van der Waals surface area contributed by atoms with Crippen molar-refractivity contribution in [1.82, 2.24) is 0 Å². The second-order valence-electron chi connectivity index (χ2n) is 4.77. The van der Waals surface area contributed by atoms with Crippen molar-refractivity contribution < 1.29 is 4.43 Å². The Morgan fingerprint density at radius 2 is 1.79 bits per heavy atom. The highest BCUT2D eigenvalue weighted by atomic mass is 28.4. The summed E-state index contributed by atoms with van der Waals surface area (Å²) in [7, 11) is -1.37. The zero-order chi connectivity index (χ0) is 11.0. The van der Waals surface area contributed by atoms with Gasteiger partial charge in [-0.3, -0.25) is 0 Å². The standard InChI is InChI=1S/C12H26OSi/c1-6-8-9-11-12(10-7-2)13-14(3,4)5/h9,11-12H,6-8,10H2,1-5H3/b11-9+. The van der Waals surface area contributed by atoms with Crippen LogP contribution in [0.15, 0.2) is 12.2 Å². The van der Waals surface area contributed by atoms with E-state index in [2.05, 4.69) is 45.6 Å². The zero-order valence-electron chi connectivity index (χ0n) is 10.5. The van der Waals surface area contributed by atoms with E-state index in [1.165, 1.54) is 19.3 Å². The number of rotatable bonds is 7. The number of allylic oxidation sites excluding steroid dienone is 1. The Morgan fingerprint density at radius 1 is 1.14 bits per heavy atom. The first kappa shape index (κ1) is 13.9. The summed E-state index contributed by atoms with van der Waals surface area (Å²) < 4.78 is 6.08. The molecule has 0 aromatic heterocycles. The summed E-state index contributed by atoms with van der Waals surface area (Å²) >= 11 is 0. The molecule has 1 unspecified atom stereocenters. The third-order valence-corrected chi connectivity index (χ3v) is 2.89. The van der Waals surface area contributed by atoms with Gasteiger partial charge in [-0.15, -0.1) is 0 Å². The van der Waals surface area contributed by atoms with E-state index < -0.39 is 8.32 Å². The van der Waals surface area contributed by atoms with E-state index in [1.54, 1.807) is 0 Å². The molecule has 0 heterocycles. The van der Waals surface area contributed by atoms with Gasteiger partial charge >= 0.3 is 0 Å². The summed E-state index contributed by atoms with van der Waals surface area (Å²) in [5.74, 6) is 0. The molecule has 0 aliphatic carbocycles. The fourth-order valence-electron chi connectivity index (χ4n) is 1.35. The van der Waals surface area contributed by atoms with Crippen LogP contribution < -0.4 is 0 Å². The minimum absolute atomic E-state index is 0.359. The second kappa shape index (κ2) is 7.24. The maximum atomic E-state index is 6.08. The van der Waals surface area contributed by atoms with Gasteiger partial charge in [0.25, 0.3) is 0 Å². The Kier molecular flexibility index (Phi) is 7.20. The van der Waals surface area contributed by atoms with Gasteiger partial charge in [-0.25, -0.2) is 0 Å². The van der Waals surface area contributed by atoms with Crippen LogP contribution in [0.25, 0.3) is 0 Å². The minimum Gasteiger partial charge on any atom is -0.411 e. The van der Waals surface area contributed by atoms with Gasteiger partial charge in [0.15, 0.2) is 8.32 Å². The molecule has 0 aromatic rings. The van der Waals surface area contributed by atoms with Crippen LogP contribution in [0.2, 0.25) is 19.6 Å². The molecule has 0 saturated heterocycles. The Labute approximate surface area is 90.7 Å². The van der Waals surface area contributed by atoms with Crippen LogP contribution in [0.5, 0.6) is 0 Å². The van der Waals surface area contributed by atoms with Gasteiger partial charge in [0.2, 0.25) is 0 Å². The van der Waals surface area contributed by atoms with Gasteiger partial charge in [0.1, 0.15) is 0 Å². The monoisotopic (exact) mass is 214 g/mol. The molecule has 0 fully saturated rings. The Hall–Kier alpha value is -0.0831. The Balaban J connectivity index is 4.01. The normalized spacial score (nSPS) is 14.9. The maximum Gasteiger partial charge on any atom is 0.184 e. The van der Waals surface area contributed by atoms with E-state index in [9.17, 15) is 0 Å². The van der Waals surface area contributed by atoms with Gasteiger partial charge in [-0.1, -0.05) is 38.8 Å². The highest BCUT2D eigenvalue weighted by Gasteiger charge is 2.18. The van der Waals surface area contributed by atoms with E-state index in [1.807, 2.05) is 0 Å². The third-order valence-electron chi connectivity index (χ3n) is 1.88. The molecule has 84 valence electrons. The number of unbranched alkanes of at least 4 members (excludes halogenated alkanes) is 1. The lowest BCUT2D eigenvalue weighted by molar-refractivity contribution is 0.230. The number of hydrogen-bond acceptors (Lipinski definition) is 1. The molecule has 1 atom stereocenters. The van der Waals surface area contributed by atoms with E-state index in [0.717, 1.165) is 6.42 Å². The SMILES string of the molecule is CCC/C=C/C(CCC)O[Si](C)(C)C. The van der Waals surface area contributed by atoms with Gasteiger partial charge in [0.05, 0.1) is 6.10 Å².